The number of unbranched alkanes of at least 4 members (excludes halogenated alkanes) is 2. The van der Waals surface area contributed by atoms with Gasteiger partial charge in [-0.25, -0.2) is 0 Å². The molecule has 3 unspecified atom stereocenters. The first-order valence-corrected chi connectivity index (χ1v) is 11.9. The molecule has 0 aliphatic rings. The summed E-state index contributed by atoms with van der Waals surface area (Å²) in [6.07, 6.45) is 6.02. The van der Waals surface area contributed by atoms with Gasteiger partial charge in [0.2, 0.25) is 0 Å². The Bertz CT molecular complexity index is 574. The van der Waals surface area contributed by atoms with E-state index in [1.807, 2.05) is 27.7 Å². The molecule has 3 atom stereocenters. The molecule has 0 aromatic rings. The molecule has 0 aliphatic carbocycles. The van der Waals surface area contributed by atoms with Gasteiger partial charge in [-0.1, -0.05) is 79.1 Å². The Labute approximate surface area is 186 Å². The monoisotopic (exact) mass is 481 g/mol. The van der Waals surface area contributed by atoms with E-state index in [1.54, 1.807) is 0 Å². The number of aliphatic carboxylic acids is 2. The van der Waals surface area contributed by atoms with Crippen LogP contribution in [0.3, 0.4) is 0 Å². The quantitative estimate of drug-likeness (QED) is 0.275. The fourth-order valence-electron chi connectivity index (χ4n) is 4.15. The van der Waals surface area contributed by atoms with Gasteiger partial charge >= 0.3 is 11.9 Å². The fourth-order valence-corrected chi connectivity index (χ4v) is 5.27. The van der Waals surface area contributed by atoms with Crippen LogP contribution in [-0.4, -0.2) is 40.4 Å². The van der Waals surface area contributed by atoms with Crippen molar-refractivity contribution in [3.8, 4) is 0 Å². The summed E-state index contributed by atoms with van der Waals surface area (Å²) < 4.78 is 33.7. The number of carbonyl (C=O) groups is 2. The van der Waals surface area contributed by atoms with Crippen molar-refractivity contribution in [3.63, 3.8) is 0 Å². The Morgan fingerprint density at radius 3 is 1.45 bits per heavy atom. The molecular weight excluding hydrogens is 443 g/mol. The molecular formula is C20H38CoO7S. The molecule has 29 heavy (non-hydrogen) atoms. The van der Waals surface area contributed by atoms with Crippen LogP contribution < -0.4 is 0 Å². The van der Waals surface area contributed by atoms with Crippen LogP contribution in [0.4, 0.5) is 0 Å². The van der Waals surface area contributed by atoms with Crippen LogP contribution in [-0.2, 0) is 36.5 Å². The minimum Gasteiger partial charge on any atom is -0.481 e. The van der Waals surface area contributed by atoms with E-state index >= 15 is 0 Å². The second-order valence-electron chi connectivity index (χ2n) is 7.94. The zero-order valence-electron chi connectivity index (χ0n) is 18.0. The van der Waals surface area contributed by atoms with Gasteiger partial charge in [0.1, 0.15) is 0 Å². The average Bonchev–Trinajstić information content (AvgIpc) is 2.59. The van der Waals surface area contributed by atoms with E-state index in [0.29, 0.717) is 25.7 Å². The minimum absolute atomic E-state index is 0. The Morgan fingerprint density at radius 2 is 1.24 bits per heavy atom. The number of hydrogen-bond donors (Lipinski definition) is 3. The van der Waals surface area contributed by atoms with E-state index in [0.717, 1.165) is 25.7 Å². The molecule has 1 radical (unpaired) electrons. The molecule has 175 valence electrons. The predicted molar refractivity (Wildman–Crippen MR) is 109 cm³/mol. The molecule has 0 aromatic carbocycles. The molecule has 0 heterocycles. The van der Waals surface area contributed by atoms with Crippen molar-refractivity contribution in [2.24, 2.45) is 17.3 Å². The van der Waals surface area contributed by atoms with Crippen LogP contribution >= 0.6 is 0 Å². The van der Waals surface area contributed by atoms with Crippen molar-refractivity contribution in [2.75, 3.05) is 0 Å². The maximum absolute atomic E-state index is 12.4. The number of rotatable bonds is 16. The molecule has 0 fully saturated rings. The molecule has 0 rings (SSSR count). The third kappa shape index (κ3) is 9.36. The topological polar surface area (TPSA) is 129 Å². The van der Waals surface area contributed by atoms with Gasteiger partial charge in [-0.15, -0.1) is 0 Å². The SMILES string of the molecule is CCCCC(CC)CC(CC(CC)CCCC)(C(=O)O)C(C(=O)O)S(=O)(=O)O.[Co]. The van der Waals surface area contributed by atoms with E-state index in [2.05, 4.69) is 0 Å². The zero-order valence-corrected chi connectivity index (χ0v) is 19.9. The molecule has 0 saturated carbocycles. The molecule has 0 aromatic heterocycles. The smallest absolute Gasteiger partial charge is 0.325 e. The largest absolute Gasteiger partial charge is 0.481 e. The maximum Gasteiger partial charge on any atom is 0.325 e. The van der Waals surface area contributed by atoms with Crippen molar-refractivity contribution >= 4 is 22.1 Å². The molecule has 0 saturated heterocycles. The Morgan fingerprint density at radius 1 is 0.862 bits per heavy atom. The number of carboxylic acids is 2. The third-order valence-electron chi connectivity index (χ3n) is 5.84. The number of carboxylic acid groups (broad SMARTS) is 2. The van der Waals surface area contributed by atoms with Crippen LogP contribution in [0, 0.1) is 17.3 Å². The summed E-state index contributed by atoms with van der Waals surface area (Å²) in [7, 11) is -5.10. The molecule has 0 spiro atoms. The maximum atomic E-state index is 12.4. The van der Waals surface area contributed by atoms with Crippen molar-refractivity contribution in [1.29, 1.82) is 0 Å². The third-order valence-corrected chi connectivity index (χ3v) is 7.09. The van der Waals surface area contributed by atoms with Gasteiger partial charge in [0.25, 0.3) is 10.1 Å². The summed E-state index contributed by atoms with van der Waals surface area (Å²) >= 11 is 0. The first-order valence-electron chi connectivity index (χ1n) is 10.4. The second-order valence-corrected chi connectivity index (χ2v) is 9.44. The summed E-state index contributed by atoms with van der Waals surface area (Å²) in [6.45, 7) is 7.80. The first kappa shape index (κ1) is 30.5. The Kier molecular flexibility index (Phi) is 15.1. The minimum atomic E-state index is -5.10. The summed E-state index contributed by atoms with van der Waals surface area (Å²) in [5.41, 5.74) is -2.05. The van der Waals surface area contributed by atoms with Crippen LogP contribution in [0.2, 0.25) is 0 Å². The van der Waals surface area contributed by atoms with Gasteiger partial charge in [-0.2, -0.15) is 8.42 Å². The van der Waals surface area contributed by atoms with Crippen molar-refractivity contribution in [1.82, 2.24) is 0 Å². The fraction of sp³-hybridized carbons (Fsp3) is 0.900. The first-order chi connectivity index (χ1) is 13.0. The summed E-state index contributed by atoms with van der Waals surface area (Å²) in [5, 5.41) is 17.3. The van der Waals surface area contributed by atoms with Crippen LogP contribution in [0.15, 0.2) is 0 Å². The van der Waals surface area contributed by atoms with Crippen LogP contribution in [0.1, 0.15) is 91.9 Å². The Balaban J connectivity index is 0. The second kappa shape index (κ2) is 14.4. The molecule has 9 heteroatoms. The van der Waals surface area contributed by atoms with Crippen LogP contribution in [0.25, 0.3) is 0 Å². The van der Waals surface area contributed by atoms with Gasteiger partial charge in [0.15, 0.2) is 5.25 Å². The average molecular weight is 482 g/mol. The summed E-state index contributed by atoms with van der Waals surface area (Å²) in [6, 6.07) is 0. The number of hydrogen-bond acceptors (Lipinski definition) is 4. The van der Waals surface area contributed by atoms with E-state index < -0.39 is 32.7 Å². The standard InChI is InChI=1S/C20H38O7S.Co/c1-5-9-11-15(7-3)13-20(19(23)24,14-16(8-4)12-10-6-2)17(18(21)22)28(25,26)27;/h15-17H,5-14H2,1-4H3,(H,21,22)(H,23,24)(H,25,26,27);. The van der Waals surface area contributed by atoms with E-state index in [1.165, 1.54) is 0 Å². The molecule has 0 aliphatic heterocycles. The Hall–Kier alpha value is -0.644. The van der Waals surface area contributed by atoms with E-state index in [4.69, 9.17) is 0 Å². The predicted octanol–water partition coefficient (Wildman–Crippen LogP) is 4.61. The van der Waals surface area contributed by atoms with Gasteiger partial charge in [0.05, 0.1) is 5.41 Å². The van der Waals surface area contributed by atoms with Crippen molar-refractivity contribution < 1.29 is 49.6 Å². The van der Waals surface area contributed by atoms with Gasteiger partial charge in [0, 0.05) is 16.8 Å². The summed E-state index contributed by atoms with van der Waals surface area (Å²) in [4.78, 5) is 24.3. The van der Waals surface area contributed by atoms with Crippen LogP contribution in [0.5, 0.6) is 0 Å². The van der Waals surface area contributed by atoms with E-state index in [9.17, 15) is 32.8 Å². The van der Waals surface area contributed by atoms with Gasteiger partial charge in [-0.05, 0) is 24.7 Å². The van der Waals surface area contributed by atoms with E-state index in [-0.39, 0.29) is 41.5 Å². The van der Waals surface area contributed by atoms with Gasteiger partial charge in [-0.3, -0.25) is 14.1 Å². The summed E-state index contributed by atoms with van der Waals surface area (Å²) in [5.74, 6) is -3.50. The molecule has 7 nitrogen and oxygen atoms in total. The molecule has 0 bridgehead atoms. The molecule has 3 N–H and O–H groups in total. The van der Waals surface area contributed by atoms with Crippen molar-refractivity contribution in [2.45, 2.75) is 97.2 Å². The zero-order chi connectivity index (χ0) is 22.0. The van der Waals surface area contributed by atoms with Crippen molar-refractivity contribution in [3.05, 3.63) is 0 Å². The van der Waals surface area contributed by atoms with Gasteiger partial charge < -0.3 is 10.2 Å². The normalized spacial score (nSPS) is 16.9. The molecule has 0 amide bonds.